The Balaban J connectivity index is 1.86. The van der Waals surface area contributed by atoms with Gasteiger partial charge in [0.05, 0.1) is 12.7 Å². The Bertz CT molecular complexity index is 394. The van der Waals surface area contributed by atoms with Gasteiger partial charge in [-0.1, -0.05) is 0 Å². The summed E-state index contributed by atoms with van der Waals surface area (Å²) in [4.78, 5) is 4.20. The Morgan fingerprint density at radius 3 is 2.59 bits per heavy atom. The number of aromatic nitrogens is 1. The van der Waals surface area contributed by atoms with Crippen LogP contribution in [-0.4, -0.2) is 27.7 Å². The lowest BCUT2D eigenvalue weighted by atomic mass is 9.87. The van der Waals surface area contributed by atoms with Crippen LogP contribution in [0, 0.1) is 0 Å². The Labute approximate surface area is 106 Å². The fourth-order valence-corrected chi connectivity index (χ4v) is 4.76. The molecule has 0 amide bonds. The minimum absolute atomic E-state index is 0.602. The summed E-state index contributed by atoms with van der Waals surface area (Å²) in [5, 5.41) is 12.0. The predicted octanol–water partition coefficient (Wildman–Crippen LogP) is 2.34. The van der Waals surface area contributed by atoms with E-state index in [0.717, 1.165) is 18.4 Å². The van der Waals surface area contributed by atoms with Crippen molar-refractivity contribution in [1.82, 2.24) is 4.98 Å². The van der Waals surface area contributed by atoms with Gasteiger partial charge in [0.15, 0.2) is 0 Å². The van der Waals surface area contributed by atoms with Crippen LogP contribution >= 0.6 is 11.8 Å². The fraction of sp³-hybridized carbons (Fsp3) is 0.615. The van der Waals surface area contributed by atoms with Crippen molar-refractivity contribution in [3.63, 3.8) is 0 Å². The second-order valence-corrected chi connectivity index (χ2v) is 6.59. The van der Waals surface area contributed by atoms with Crippen LogP contribution in [-0.2, 0) is 5.60 Å². The van der Waals surface area contributed by atoms with Crippen molar-refractivity contribution in [2.24, 2.45) is 0 Å². The van der Waals surface area contributed by atoms with E-state index < -0.39 is 5.60 Å². The molecule has 3 rings (SSSR count). The van der Waals surface area contributed by atoms with Crippen LogP contribution in [0.1, 0.15) is 31.2 Å². The summed E-state index contributed by atoms with van der Waals surface area (Å²) in [5.74, 6) is 0.602. The molecular weight excluding hydrogens is 234 g/mol. The quantitative estimate of drug-likeness (QED) is 0.876. The zero-order valence-electron chi connectivity index (χ0n) is 9.93. The number of pyridine rings is 1. The first-order valence-electron chi connectivity index (χ1n) is 6.08. The predicted molar refractivity (Wildman–Crippen MR) is 68.3 cm³/mol. The highest BCUT2D eigenvalue weighted by Crippen LogP contribution is 2.51. The summed E-state index contributed by atoms with van der Waals surface area (Å²) >= 11 is 2.05. The minimum atomic E-state index is -0.670. The maximum absolute atomic E-state index is 10.8. The molecule has 0 spiro atoms. The highest BCUT2D eigenvalue weighted by Gasteiger charge is 2.44. The SMILES string of the molecule is COc1ccc(C2(O)CC3CCC(C2)S3)cn1. The van der Waals surface area contributed by atoms with Crippen LogP contribution in [0.15, 0.2) is 18.3 Å². The van der Waals surface area contributed by atoms with Crippen molar-refractivity contribution in [3.05, 3.63) is 23.9 Å². The smallest absolute Gasteiger partial charge is 0.212 e. The largest absolute Gasteiger partial charge is 0.481 e. The van der Waals surface area contributed by atoms with E-state index in [1.54, 1.807) is 13.3 Å². The zero-order chi connectivity index (χ0) is 11.9. The highest BCUT2D eigenvalue weighted by atomic mass is 32.2. The van der Waals surface area contributed by atoms with E-state index >= 15 is 0 Å². The molecule has 1 aromatic heterocycles. The third-order valence-corrected chi connectivity index (χ3v) is 5.38. The van der Waals surface area contributed by atoms with Crippen LogP contribution in [0.5, 0.6) is 5.88 Å². The van der Waals surface area contributed by atoms with Crippen LogP contribution in [0.25, 0.3) is 0 Å². The van der Waals surface area contributed by atoms with Gasteiger partial charge in [0, 0.05) is 28.3 Å². The summed E-state index contributed by atoms with van der Waals surface area (Å²) in [5.41, 5.74) is 0.270. The molecule has 17 heavy (non-hydrogen) atoms. The number of methoxy groups -OCH3 is 1. The van der Waals surface area contributed by atoms with Crippen LogP contribution < -0.4 is 4.74 Å². The summed E-state index contributed by atoms with van der Waals surface area (Å²) in [6, 6.07) is 3.78. The lowest BCUT2D eigenvalue weighted by Crippen LogP contribution is -2.34. The van der Waals surface area contributed by atoms with E-state index in [1.807, 2.05) is 12.1 Å². The van der Waals surface area contributed by atoms with Gasteiger partial charge in [0.25, 0.3) is 0 Å². The number of ether oxygens (including phenoxy) is 1. The summed E-state index contributed by atoms with van der Waals surface area (Å²) in [7, 11) is 1.61. The van der Waals surface area contributed by atoms with Gasteiger partial charge >= 0.3 is 0 Å². The molecule has 0 radical (unpaired) electrons. The highest BCUT2D eigenvalue weighted by molar-refractivity contribution is 8.00. The van der Waals surface area contributed by atoms with Gasteiger partial charge in [0.2, 0.25) is 5.88 Å². The average molecular weight is 251 g/mol. The lowest BCUT2D eigenvalue weighted by Gasteiger charge is -2.36. The molecule has 2 aliphatic heterocycles. The molecule has 3 heterocycles. The number of aliphatic hydroxyl groups is 1. The molecule has 1 aromatic rings. The molecule has 92 valence electrons. The van der Waals surface area contributed by atoms with Gasteiger partial charge < -0.3 is 9.84 Å². The van der Waals surface area contributed by atoms with Gasteiger partial charge in [-0.3, -0.25) is 0 Å². The first kappa shape index (κ1) is 11.4. The summed E-state index contributed by atoms with van der Waals surface area (Å²) < 4.78 is 5.05. The number of nitrogens with zero attached hydrogens (tertiary/aromatic N) is 1. The zero-order valence-corrected chi connectivity index (χ0v) is 10.7. The van der Waals surface area contributed by atoms with Gasteiger partial charge in [-0.05, 0) is 31.7 Å². The molecule has 2 unspecified atom stereocenters. The third-order valence-electron chi connectivity index (χ3n) is 3.81. The van der Waals surface area contributed by atoms with Gasteiger partial charge in [-0.25, -0.2) is 4.98 Å². The Kier molecular flexibility index (Phi) is 2.79. The molecule has 0 aliphatic carbocycles. The van der Waals surface area contributed by atoms with Crippen molar-refractivity contribution in [3.8, 4) is 5.88 Å². The third kappa shape index (κ3) is 2.04. The van der Waals surface area contributed by atoms with E-state index in [4.69, 9.17) is 4.74 Å². The standard InChI is InChI=1S/C13H17NO2S/c1-16-12-5-2-9(8-14-12)13(15)6-10-3-4-11(7-13)17-10/h2,5,8,10-11,15H,3-4,6-7H2,1H3. The van der Waals surface area contributed by atoms with Crippen molar-refractivity contribution < 1.29 is 9.84 Å². The number of fused-ring (bicyclic) bond motifs is 2. The van der Waals surface area contributed by atoms with Gasteiger partial charge in [-0.2, -0.15) is 11.8 Å². The molecule has 2 fully saturated rings. The second kappa shape index (κ2) is 4.18. The number of rotatable bonds is 2. The first-order valence-corrected chi connectivity index (χ1v) is 7.02. The molecule has 2 atom stereocenters. The summed E-state index contributed by atoms with van der Waals surface area (Å²) in [6.07, 6.45) is 5.99. The number of hydrogen-bond acceptors (Lipinski definition) is 4. The van der Waals surface area contributed by atoms with E-state index in [-0.39, 0.29) is 0 Å². The Morgan fingerprint density at radius 1 is 1.35 bits per heavy atom. The van der Waals surface area contributed by atoms with E-state index in [0.29, 0.717) is 16.4 Å². The molecule has 3 nitrogen and oxygen atoms in total. The van der Waals surface area contributed by atoms with Crippen LogP contribution in [0.2, 0.25) is 0 Å². The molecule has 4 heteroatoms. The lowest BCUT2D eigenvalue weighted by molar-refractivity contribution is 0.0192. The van der Waals surface area contributed by atoms with Crippen molar-refractivity contribution in [1.29, 1.82) is 0 Å². The number of thioether (sulfide) groups is 1. The van der Waals surface area contributed by atoms with E-state index in [1.165, 1.54) is 12.8 Å². The normalized spacial score (nSPS) is 35.9. The average Bonchev–Trinajstić information content (AvgIpc) is 2.69. The molecule has 2 saturated heterocycles. The maximum Gasteiger partial charge on any atom is 0.212 e. The van der Waals surface area contributed by atoms with Gasteiger partial charge in [0.1, 0.15) is 0 Å². The van der Waals surface area contributed by atoms with Crippen molar-refractivity contribution in [2.75, 3.05) is 7.11 Å². The van der Waals surface area contributed by atoms with Crippen molar-refractivity contribution >= 4 is 11.8 Å². The first-order chi connectivity index (χ1) is 8.19. The molecule has 0 saturated carbocycles. The Hall–Kier alpha value is -0.740. The molecule has 1 N–H and O–H groups in total. The maximum atomic E-state index is 10.8. The van der Waals surface area contributed by atoms with Crippen LogP contribution in [0.3, 0.4) is 0 Å². The molecular formula is C13H17NO2S. The minimum Gasteiger partial charge on any atom is -0.481 e. The monoisotopic (exact) mass is 251 g/mol. The second-order valence-electron chi connectivity index (χ2n) is 4.99. The van der Waals surface area contributed by atoms with Crippen LogP contribution in [0.4, 0.5) is 0 Å². The Morgan fingerprint density at radius 2 is 2.06 bits per heavy atom. The van der Waals surface area contributed by atoms with E-state index in [9.17, 15) is 5.11 Å². The molecule has 2 bridgehead atoms. The van der Waals surface area contributed by atoms with E-state index in [2.05, 4.69) is 16.7 Å². The summed E-state index contributed by atoms with van der Waals surface area (Å²) in [6.45, 7) is 0. The molecule has 2 aliphatic rings. The van der Waals surface area contributed by atoms with Crippen molar-refractivity contribution in [2.45, 2.75) is 41.8 Å². The topological polar surface area (TPSA) is 42.4 Å². The fourth-order valence-electron chi connectivity index (χ4n) is 2.93. The number of hydrogen-bond donors (Lipinski definition) is 1. The van der Waals surface area contributed by atoms with Gasteiger partial charge in [-0.15, -0.1) is 0 Å². The molecule has 0 aromatic carbocycles.